The molecule has 84 valence electrons. The topological polar surface area (TPSA) is 44.1 Å². The van der Waals surface area contributed by atoms with Crippen LogP contribution in [-0.2, 0) is 0 Å². The van der Waals surface area contributed by atoms with E-state index in [1.165, 1.54) is 0 Å². The van der Waals surface area contributed by atoms with Gasteiger partial charge in [-0.25, -0.2) is 0 Å². The summed E-state index contributed by atoms with van der Waals surface area (Å²) in [5, 5.41) is 8.52. The highest BCUT2D eigenvalue weighted by atomic mass is 127. The van der Waals surface area contributed by atoms with Gasteiger partial charge in [-0.15, -0.1) is 0 Å². The summed E-state index contributed by atoms with van der Waals surface area (Å²) in [7, 11) is 0. The molecular formula is C12H13IN2O. The minimum atomic E-state index is -0.00346. The van der Waals surface area contributed by atoms with Crippen LogP contribution in [0.5, 0.6) is 0 Å². The fourth-order valence-corrected chi connectivity index (χ4v) is 1.94. The van der Waals surface area contributed by atoms with Crippen molar-refractivity contribution in [2.45, 2.75) is 13.3 Å². The molecule has 1 aromatic rings. The lowest BCUT2D eigenvalue weighted by Crippen LogP contribution is -2.31. The molecule has 0 bridgehead atoms. The number of amides is 1. The van der Waals surface area contributed by atoms with E-state index in [9.17, 15) is 4.79 Å². The maximum absolute atomic E-state index is 12.0. The molecule has 4 heteroatoms. The van der Waals surface area contributed by atoms with Gasteiger partial charge in [0.15, 0.2) is 0 Å². The monoisotopic (exact) mass is 328 g/mol. The molecule has 1 rings (SSSR count). The van der Waals surface area contributed by atoms with Crippen molar-refractivity contribution in [3.63, 3.8) is 0 Å². The second kappa shape index (κ2) is 6.48. The van der Waals surface area contributed by atoms with Crippen molar-refractivity contribution < 1.29 is 4.79 Å². The van der Waals surface area contributed by atoms with Gasteiger partial charge in [-0.05, 0) is 47.7 Å². The van der Waals surface area contributed by atoms with Gasteiger partial charge in [0.05, 0.1) is 12.5 Å². The molecule has 0 atom stereocenters. The molecule has 1 aromatic carbocycles. The Bertz CT molecular complexity index is 412. The van der Waals surface area contributed by atoms with Gasteiger partial charge >= 0.3 is 0 Å². The van der Waals surface area contributed by atoms with Crippen LogP contribution in [0.15, 0.2) is 24.3 Å². The largest absolute Gasteiger partial charge is 0.338 e. The van der Waals surface area contributed by atoms with E-state index in [2.05, 4.69) is 28.7 Å². The molecule has 0 unspecified atom stereocenters. The molecule has 0 N–H and O–H groups in total. The van der Waals surface area contributed by atoms with E-state index in [4.69, 9.17) is 5.26 Å². The van der Waals surface area contributed by atoms with E-state index in [1.54, 1.807) is 11.0 Å². The van der Waals surface area contributed by atoms with Crippen LogP contribution in [0, 0.1) is 14.9 Å². The molecule has 0 heterocycles. The molecule has 3 nitrogen and oxygen atoms in total. The van der Waals surface area contributed by atoms with Gasteiger partial charge in [-0.1, -0.05) is 6.07 Å². The van der Waals surface area contributed by atoms with Crippen LogP contribution >= 0.6 is 22.6 Å². The summed E-state index contributed by atoms with van der Waals surface area (Å²) < 4.78 is 1.04. The molecule has 0 saturated heterocycles. The Morgan fingerprint density at radius 2 is 2.31 bits per heavy atom. The number of halogens is 1. The van der Waals surface area contributed by atoms with Gasteiger partial charge in [0, 0.05) is 22.2 Å². The lowest BCUT2D eigenvalue weighted by Gasteiger charge is -2.19. The maximum Gasteiger partial charge on any atom is 0.253 e. The van der Waals surface area contributed by atoms with E-state index < -0.39 is 0 Å². The average molecular weight is 328 g/mol. The quantitative estimate of drug-likeness (QED) is 0.798. The second-order valence-corrected chi connectivity index (χ2v) is 4.55. The first kappa shape index (κ1) is 13.0. The molecule has 0 aliphatic heterocycles. The highest BCUT2D eigenvalue weighted by Crippen LogP contribution is 2.10. The Labute approximate surface area is 109 Å². The molecule has 16 heavy (non-hydrogen) atoms. The highest BCUT2D eigenvalue weighted by Gasteiger charge is 2.13. The van der Waals surface area contributed by atoms with E-state index >= 15 is 0 Å². The summed E-state index contributed by atoms with van der Waals surface area (Å²) in [5.74, 6) is -0.00346. The summed E-state index contributed by atoms with van der Waals surface area (Å²) in [5.41, 5.74) is 0.687. The van der Waals surface area contributed by atoms with Crippen LogP contribution in [0.3, 0.4) is 0 Å². The predicted molar refractivity (Wildman–Crippen MR) is 71.0 cm³/mol. The Morgan fingerprint density at radius 3 is 2.88 bits per heavy atom. The van der Waals surface area contributed by atoms with Crippen molar-refractivity contribution in [1.82, 2.24) is 4.90 Å². The molecule has 0 aliphatic rings. The molecule has 1 amide bonds. The van der Waals surface area contributed by atoms with Crippen molar-refractivity contribution in [1.29, 1.82) is 5.26 Å². The highest BCUT2D eigenvalue weighted by molar-refractivity contribution is 14.1. The zero-order valence-corrected chi connectivity index (χ0v) is 11.3. The van der Waals surface area contributed by atoms with E-state index in [1.807, 2.05) is 25.1 Å². The molecular weight excluding hydrogens is 315 g/mol. The summed E-state index contributed by atoms with van der Waals surface area (Å²) >= 11 is 2.18. The van der Waals surface area contributed by atoms with Gasteiger partial charge in [-0.2, -0.15) is 5.26 Å². The Balaban J connectivity index is 2.79. The molecule has 0 aromatic heterocycles. The Hall–Kier alpha value is -1.09. The maximum atomic E-state index is 12.0. The number of carbonyl (C=O) groups excluding carboxylic acids is 1. The summed E-state index contributed by atoms with van der Waals surface area (Å²) in [4.78, 5) is 13.7. The van der Waals surface area contributed by atoms with E-state index in [0.717, 1.165) is 3.57 Å². The third-order valence-corrected chi connectivity index (χ3v) is 2.91. The second-order valence-electron chi connectivity index (χ2n) is 3.30. The average Bonchev–Trinajstić information content (AvgIpc) is 2.29. The third-order valence-electron chi connectivity index (χ3n) is 2.23. The van der Waals surface area contributed by atoms with Gasteiger partial charge in [0.1, 0.15) is 0 Å². The van der Waals surface area contributed by atoms with Gasteiger partial charge in [-0.3, -0.25) is 4.79 Å². The molecule has 0 saturated carbocycles. The van der Waals surface area contributed by atoms with Crippen LogP contribution in [0.25, 0.3) is 0 Å². The first-order valence-electron chi connectivity index (χ1n) is 5.10. The van der Waals surface area contributed by atoms with Crippen LogP contribution in [0.1, 0.15) is 23.7 Å². The summed E-state index contributed by atoms with van der Waals surface area (Å²) in [6.45, 7) is 3.05. The van der Waals surface area contributed by atoms with Crippen molar-refractivity contribution in [2.75, 3.05) is 13.1 Å². The van der Waals surface area contributed by atoms with Crippen LogP contribution in [0.2, 0.25) is 0 Å². The predicted octanol–water partition coefficient (Wildman–Crippen LogP) is 2.67. The van der Waals surface area contributed by atoms with E-state index in [0.29, 0.717) is 25.1 Å². The Morgan fingerprint density at radius 1 is 1.56 bits per heavy atom. The van der Waals surface area contributed by atoms with Gasteiger partial charge in [0.25, 0.3) is 5.91 Å². The summed E-state index contributed by atoms with van der Waals surface area (Å²) in [6, 6.07) is 9.53. The number of rotatable bonds is 4. The van der Waals surface area contributed by atoms with Crippen molar-refractivity contribution in [3.05, 3.63) is 33.4 Å². The van der Waals surface area contributed by atoms with E-state index in [-0.39, 0.29) is 5.91 Å². The first-order chi connectivity index (χ1) is 7.69. The number of nitriles is 1. The fourth-order valence-electron chi connectivity index (χ4n) is 1.39. The van der Waals surface area contributed by atoms with Crippen molar-refractivity contribution in [2.24, 2.45) is 0 Å². The zero-order chi connectivity index (χ0) is 12.0. The number of carbonyl (C=O) groups is 1. The zero-order valence-electron chi connectivity index (χ0n) is 9.11. The molecule has 0 radical (unpaired) electrons. The van der Waals surface area contributed by atoms with Crippen molar-refractivity contribution in [3.8, 4) is 6.07 Å². The number of benzene rings is 1. The SMILES string of the molecule is CCN(CCC#N)C(=O)c1cccc(I)c1. The van der Waals surface area contributed by atoms with Crippen molar-refractivity contribution >= 4 is 28.5 Å². The minimum absolute atomic E-state index is 0.00346. The minimum Gasteiger partial charge on any atom is -0.338 e. The van der Waals surface area contributed by atoms with Gasteiger partial charge < -0.3 is 4.90 Å². The first-order valence-corrected chi connectivity index (χ1v) is 6.18. The Kier molecular flexibility index (Phi) is 5.26. The standard InChI is InChI=1S/C12H13IN2O/c1-2-15(8-4-7-14)12(16)10-5-3-6-11(13)9-10/h3,5-6,9H,2,4,8H2,1H3. The third kappa shape index (κ3) is 3.49. The van der Waals surface area contributed by atoms with Crippen LogP contribution in [0.4, 0.5) is 0 Å². The fraction of sp³-hybridized carbons (Fsp3) is 0.333. The lowest BCUT2D eigenvalue weighted by atomic mass is 10.2. The normalized spacial score (nSPS) is 9.56. The smallest absolute Gasteiger partial charge is 0.253 e. The summed E-state index contributed by atoms with van der Waals surface area (Å²) in [6.07, 6.45) is 0.378. The van der Waals surface area contributed by atoms with Crippen LogP contribution in [-0.4, -0.2) is 23.9 Å². The number of hydrogen-bond acceptors (Lipinski definition) is 2. The number of nitrogens with zero attached hydrogens (tertiary/aromatic N) is 2. The van der Waals surface area contributed by atoms with Gasteiger partial charge in [0.2, 0.25) is 0 Å². The molecule has 0 fully saturated rings. The lowest BCUT2D eigenvalue weighted by molar-refractivity contribution is 0.0767. The number of hydrogen-bond donors (Lipinski definition) is 0. The van der Waals surface area contributed by atoms with Crippen LogP contribution < -0.4 is 0 Å². The molecule has 0 spiro atoms. The molecule has 0 aliphatic carbocycles.